The lowest BCUT2D eigenvalue weighted by molar-refractivity contribution is 0.566. The van der Waals surface area contributed by atoms with Crippen molar-refractivity contribution in [3.8, 4) is 11.1 Å². The Morgan fingerprint density at radius 1 is 0.828 bits per heavy atom. The van der Waals surface area contributed by atoms with E-state index in [4.69, 9.17) is 20.4 Å². The maximum atomic E-state index is 14.8. The van der Waals surface area contributed by atoms with Crippen LogP contribution in [-0.2, 0) is 0 Å². The fraction of sp³-hybridized carbons (Fsp3) is 0. The molecule has 3 aromatic carbocycles. The van der Waals surface area contributed by atoms with E-state index in [1.165, 1.54) is 12.1 Å². The van der Waals surface area contributed by atoms with E-state index in [-0.39, 0.29) is 27.4 Å². The Balaban J connectivity index is 1.91. The van der Waals surface area contributed by atoms with Crippen molar-refractivity contribution in [3.05, 3.63) is 94.1 Å². The van der Waals surface area contributed by atoms with E-state index in [9.17, 15) is 9.18 Å². The molecule has 0 aliphatic carbocycles. The summed E-state index contributed by atoms with van der Waals surface area (Å²) in [7, 11) is 0. The van der Waals surface area contributed by atoms with Crippen molar-refractivity contribution in [2.24, 2.45) is 0 Å². The highest BCUT2D eigenvalue weighted by molar-refractivity contribution is 6.34. The van der Waals surface area contributed by atoms with Crippen molar-refractivity contribution in [2.45, 2.75) is 0 Å². The van der Waals surface area contributed by atoms with Gasteiger partial charge in [-0.15, -0.1) is 0 Å². The Bertz CT molecular complexity index is 1400. The summed E-state index contributed by atoms with van der Waals surface area (Å²) in [6.45, 7) is 0. The molecule has 1 N–H and O–H groups in total. The van der Waals surface area contributed by atoms with E-state index in [0.717, 1.165) is 0 Å². The number of anilines is 2. The number of furan rings is 1. The quantitative estimate of drug-likeness (QED) is 0.337. The molecule has 2 aromatic heterocycles. The molecular formula is C23H13ClFNO3. The van der Waals surface area contributed by atoms with Crippen molar-refractivity contribution < 1.29 is 13.2 Å². The zero-order valence-electron chi connectivity index (χ0n) is 14.9. The SMILES string of the molecule is O=c1oc2ccccc2c2oc(Nc3ccccc3)c(-c3c(F)cccc3Cl)c12. The molecule has 0 aliphatic heterocycles. The largest absolute Gasteiger partial charge is 0.439 e. The average molecular weight is 406 g/mol. The summed E-state index contributed by atoms with van der Waals surface area (Å²) in [5.74, 6) is -0.356. The van der Waals surface area contributed by atoms with Crippen LogP contribution in [0.4, 0.5) is 16.0 Å². The standard InChI is InChI=1S/C23H13ClFNO3/c24-15-10-6-11-16(25)18(15)19-20-21(14-9-4-5-12-17(14)28-23(20)27)29-22(19)26-13-7-2-1-3-8-13/h1-12,26H. The van der Waals surface area contributed by atoms with E-state index in [0.29, 0.717) is 22.2 Å². The van der Waals surface area contributed by atoms with Gasteiger partial charge in [0.25, 0.3) is 0 Å². The molecule has 0 atom stereocenters. The van der Waals surface area contributed by atoms with Crippen LogP contribution in [0.25, 0.3) is 33.1 Å². The number of benzene rings is 3. The molecule has 5 rings (SSSR count). The minimum absolute atomic E-state index is 0.0777. The monoisotopic (exact) mass is 405 g/mol. The summed E-state index contributed by atoms with van der Waals surface area (Å²) in [6.07, 6.45) is 0. The molecule has 0 bridgehead atoms. The predicted octanol–water partition coefficient (Wildman–Crippen LogP) is 6.74. The first-order valence-corrected chi connectivity index (χ1v) is 9.26. The van der Waals surface area contributed by atoms with E-state index in [1.807, 2.05) is 36.4 Å². The summed E-state index contributed by atoms with van der Waals surface area (Å²) < 4.78 is 26.4. The summed E-state index contributed by atoms with van der Waals surface area (Å²) >= 11 is 6.32. The summed E-state index contributed by atoms with van der Waals surface area (Å²) in [5.41, 5.74) is 1.09. The second-order valence-corrected chi connectivity index (χ2v) is 6.89. The Labute approximate surface area is 169 Å². The highest BCUT2D eigenvalue weighted by Crippen LogP contribution is 2.44. The minimum Gasteiger partial charge on any atom is -0.439 e. The lowest BCUT2D eigenvalue weighted by Crippen LogP contribution is -2.01. The van der Waals surface area contributed by atoms with Crippen LogP contribution >= 0.6 is 11.6 Å². The minimum atomic E-state index is -0.627. The molecule has 4 nitrogen and oxygen atoms in total. The fourth-order valence-electron chi connectivity index (χ4n) is 3.43. The van der Waals surface area contributed by atoms with Gasteiger partial charge in [-0.2, -0.15) is 0 Å². The zero-order valence-corrected chi connectivity index (χ0v) is 15.7. The van der Waals surface area contributed by atoms with Gasteiger partial charge in [-0.25, -0.2) is 9.18 Å². The molecule has 0 fully saturated rings. The van der Waals surface area contributed by atoms with Crippen LogP contribution < -0.4 is 10.9 Å². The Morgan fingerprint density at radius 2 is 1.59 bits per heavy atom. The molecule has 0 amide bonds. The first-order chi connectivity index (χ1) is 14.1. The van der Waals surface area contributed by atoms with Crippen LogP contribution in [0.3, 0.4) is 0 Å². The molecule has 0 saturated heterocycles. The first-order valence-electron chi connectivity index (χ1n) is 8.88. The number of fused-ring (bicyclic) bond motifs is 3. The van der Waals surface area contributed by atoms with Gasteiger partial charge in [-0.05, 0) is 36.4 Å². The van der Waals surface area contributed by atoms with Gasteiger partial charge in [-0.1, -0.05) is 48.0 Å². The summed E-state index contributed by atoms with van der Waals surface area (Å²) in [6, 6.07) is 20.6. The van der Waals surface area contributed by atoms with Gasteiger partial charge < -0.3 is 14.2 Å². The summed E-state index contributed by atoms with van der Waals surface area (Å²) in [5, 5.41) is 4.04. The molecule has 5 aromatic rings. The number of hydrogen-bond acceptors (Lipinski definition) is 4. The topological polar surface area (TPSA) is 55.4 Å². The second-order valence-electron chi connectivity index (χ2n) is 6.48. The average Bonchev–Trinajstić information content (AvgIpc) is 3.08. The molecule has 0 saturated carbocycles. The van der Waals surface area contributed by atoms with Crippen molar-refractivity contribution in [1.82, 2.24) is 0 Å². The van der Waals surface area contributed by atoms with Crippen molar-refractivity contribution in [3.63, 3.8) is 0 Å². The van der Waals surface area contributed by atoms with Gasteiger partial charge in [0.05, 0.1) is 16.0 Å². The first kappa shape index (κ1) is 17.5. The van der Waals surface area contributed by atoms with Crippen LogP contribution in [0, 0.1) is 5.82 Å². The molecular weight excluding hydrogens is 393 g/mol. The van der Waals surface area contributed by atoms with Crippen LogP contribution in [-0.4, -0.2) is 0 Å². The molecule has 0 spiro atoms. The number of rotatable bonds is 3. The molecule has 0 radical (unpaired) electrons. The third-order valence-electron chi connectivity index (χ3n) is 4.69. The lowest BCUT2D eigenvalue weighted by Gasteiger charge is -2.08. The summed E-state index contributed by atoms with van der Waals surface area (Å²) in [4.78, 5) is 12.9. The highest BCUT2D eigenvalue weighted by atomic mass is 35.5. The lowest BCUT2D eigenvalue weighted by atomic mass is 10.0. The number of nitrogens with one attached hydrogen (secondary N) is 1. The Hall–Kier alpha value is -3.57. The zero-order chi connectivity index (χ0) is 20.0. The van der Waals surface area contributed by atoms with Crippen LogP contribution in [0.15, 0.2) is 86.4 Å². The third kappa shape index (κ3) is 2.87. The van der Waals surface area contributed by atoms with Gasteiger partial charge in [0.15, 0.2) is 5.58 Å². The Morgan fingerprint density at radius 3 is 2.38 bits per heavy atom. The van der Waals surface area contributed by atoms with Gasteiger partial charge in [0.1, 0.15) is 16.8 Å². The third-order valence-corrected chi connectivity index (χ3v) is 5.01. The molecule has 0 aliphatic rings. The second kappa shape index (κ2) is 6.79. The maximum Gasteiger partial charge on any atom is 0.348 e. The fourth-order valence-corrected chi connectivity index (χ4v) is 3.68. The normalized spacial score (nSPS) is 11.2. The van der Waals surface area contributed by atoms with E-state index in [2.05, 4.69) is 5.32 Å². The maximum absolute atomic E-state index is 14.8. The number of hydrogen-bond donors (Lipinski definition) is 1. The van der Waals surface area contributed by atoms with Crippen molar-refractivity contribution in [2.75, 3.05) is 5.32 Å². The Kier molecular flexibility index (Phi) is 4.11. The van der Waals surface area contributed by atoms with Crippen LogP contribution in [0.1, 0.15) is 0 Å². The molecule has 6 heteroatoms. The molecule has 142 valence electrons. The number of halogens is 2. The predicted molar refractivity (Wildman–Crippen MR) is 112 cm³/mol. The molecule has 0 unspecified atom stereocenters. The highest BCUT2D eigenvalue weighted by Gasteiger charge is 2.26. The van der Waals surface area contributed by atoms with Crippen LogP contribution in [0.2, 0.25) is 5.02 Å². The van der Waals surface area contributed by atoms with Crippen molar-refractivity contribution >= 4 is 45.1 Å². The van der Waals surface area contributed by atoms with Gasteiger partial charge in [-0.3, -0.25) is 0 Å². The molecule has 29 heavy (non-hydrogen) atoms. The van der Waals surface area contributed by atoms with E-state index >= 15 is 0 Å². The van der Waals surface area contributed by atoms with Gasteiger partial charge in [0, 0.05) is 11.3 Å². The number of para-hydroxylation sites is 2. The van der Waals surface area contributed by atoms with Crippen molar-refractivity contribution in [1.29, 1.82) is 0 Å². The smallest absolute Gasteiger partial charge is 0.348 e. The van der Waals surface area contributed by atoms with Crippen LogP contribution in [0.5, 0.6) is 0 Å². The van der Waals surface area contributed by atoms with E-state index < -0.39 is 11.4 Å². The van der Waals surface area contributed by atoms with Gasteiger partial charge in [0.2, 0.25) is 5.88 Å². The van der Waals surface area contributed by atoms with Gasteiger partial charge >= 0.3 is 5.63 Å². The van der Waals surface area contributed by atoms with E-state index in [1.54, 1.807) is 24.3 Å². The molecule has 2 heterocycles.